The van der Waals surface area contributed by atoms with Crippen LogP contribution < -0.4 is 5.32 Å². The Kier molecular flexibility index (Phi) is 7.08. The van der Waals surface area contributed by atoms with Gasteiger partial charge in [0, 0.05) is 19.3 Å². The van der Waals surface area contributed by atoms with Crippen LogP contribution in [-0.2, 0) is 23.8 Å². The van der Waals surface area contributed by atoms with E-state index in [9.17, 15) is 13.2 Å². The Morgan fingerprint density at radius 1 is 1.32 bits per heavy atom. The summed E-state index contributed by atoms with van der Waals surface area (Å²) in [6, 6.07) is -0.194. The molecule has 130 valence electrons. The summed E-state index contributed by atoms with van der Waals surface area (Å²) in [6.45, 7) is 6.71. The van der Waals surface area contributed by atoms with E-state index >= 15 is 0 Å². The third-order valence-electron chi connectivity index (χ3n) is 3.26. The van der Waals surface area contributed by atoms with E-state index in [1.807, 2.05) is 0 Å². The van der Waals surface area contributed by atoms with Crippen LogP contribution in [0.15, 0.2) is 0 Å². The Balaban J connectivity index is 2.58. The van der Waals surface area contributed by atoms with Crippen LogP contribution in [0.3, 0.4) is 0 Å². The molecule has 1 amide bonds. The van der Waals surface area contributed by atoms with Gasteiger partial charge in [0.15, 0.2) is 0 Å². The highest BCUT2D eigenvalue weighted by atomic mass is 32.2. The predicted octanol–water partition coefficient (Wildman–Crippen LogP) is 1.67. The van der Waals surface area contributed by atoms with Crippen molar-refractivity contribution in [2.24, 2.45) is 5.92 Å². The molecular weight excluding hydrogens is 310 g/mol. The van der Waals surface area contributed by atoms with Gasteiger partial charge in [-0.15, -0.1) is 0 Å². The van der Waals surface area contributed by atoms with Gasteiger partial charge in [-0.25, -0.2) is 4.79 Å². The first-order valence-electron chi connectivity index (χ1n) is 7.48. The van der Waals surface area contributed by atoms with Crippen LogP contribution in [0.2, 0.25) is 0 Å². The topological polar surface area (TPSA) is 90.9 Å². The lowest BCUT2D eigenvalue weighted by atomic mass is 9.90. The minimum atomic E-state index is -3.48. The Hall–Kier alpha value is -0.860. The average molecular weight is 337 g/mol. The molecule has 0 aromatic carbocycles. The van der Waals surface area contributed by atoms with Gasteiger partial charge in [-0.1, -0.05) is 0 Å². The summed E-state index contributed by atoms with van der Waals surface area (Å²) in [6.07, 6.45) is 2.57. The number of carbonyl (C=O) groups is 1. The fraction of sp³-hybridized carbons (Fsp3) is 0.929. The molecule has 1 atom stereocenters. The molecule has 8 heteroatoms. The lowest BCUT2D eigenvalue weighted by Gasteiger charge is -2.31. The van der Waals surface area contributed by atoms with Crippen LogP contribution in [0, 0.1) is 5.92 Å². The second-order valence-electron chi connectivity index (χ2n) is 6.52. The van der Waals surface area contributed by atoms with Crippen molar-refractivity contribution in [3.05, 3.63) is 0 Å². The van der Waals surface area contributed by atoms with E-state index in [-0.39, 0.29) is 18.6 Å². The van der Waals surface area contributed by atoms with Crippen molar-refractivity contribution < 1.29 is 26.9 Å². The van der Waals surface area contributed by atoms with Gasteiger partial charge < -0.3 is 14.8 Å². The summed E-state index contributed by atoms with van der Waals surface area (Å²) in [7, 11) is -3.48. The Bertz CT molecular complexity index is 450. The normalized spacial score (nSPS) is 18.7. The fourth-order valence-electron chi connectivity index (χ4n) is 2.33. The molecule has 1 heterocycles. The van der Waals surface area contributed by atoms with Crippen LogP contribution in [0.25, 0.3) is 0 Å². The van der Waals surface area contributed by atoms with E-state index in [1.165, 1.54) is 0 Å². The van der Waals surface area contributed by atoms with Gasteiger partial charge in [-0.2, -0.15) is 8.42 Å². The van der Waals surface area contributed by atoms with E-state index in [1.54, 1.807) is 20.8 Å². The molecule has 7 nitrogen and oxygen atoms in total. The molecule has 0 radical (unpaired) electrons. The minimum absolute atomic E-state index is 0.0383. The van der Waals surface area contributed by atoms with Gasteiger partial charge >= 0.3 is 6.09 Å². The molecule has 0 aromatic rings. The number of nitrogens with one attached hydrogen (secondary N) is 1. The molecule has 0 aliphatic carbocycles. The zero-order valence-electron chi connectivity index (χ0n) is 13.8. The highest BCUT2D eigenvalue weighted by molar-refractivity contribution is 7.85. The molecule has 1 aliphatic heterocycles. The molecule has 1 unspecified atom stereocenters. The number of hydrogen-bond donors (Lipinski definition) is 1. The van der Waals surface area contributed by atoms with Crippen molar-refractivity contribution in [2.45, 2.75) is 51.7 Å². The van der Waals surface area contributed by atoms with Crippen molar-refractivity contribution in [3.8, 4) is 0 Å². The first-order chi connectivity index (χ1) is 10.1. The summed E-state index contributed by atoms with van der Waals surface area (Å²) >= 11 is 0. The monoisotopic (exact) mass is 337 g/mol. The molecular formula is C14H27NO6S. The number of rotatable bonds is 6. The lowest BCUT2D eigenvalue weighted by Crippen LogP contribution is -2.45. The van der Waals surface area contributed by atoms with Crippen LogP contribution in [0.1, 0.15) is 40.0 Å². The maximum atomic E-state index is 11.9. The largest absolute Gasteiger partial charge is 0.444 e. The highest BCUT2D eigenvalue weighted by Gasteiger charge is 2.27. The standard InChI is InChI=1S/C14H27NO6S/c1-14(2,3)21-13(16)15-12(7-10-20-22(4,17)18)11-5-8-19-9-6-11/h11-12H,5-10H2,1-4H3,(H,15,16). The van der Waals surface area contributed by atoms with Crippen molar-refractivity contribution in [1.82, 2.24) is 5.32 Å². The first-order valence-corrected chi connectivity index (χ1v) is 9.30. The average Bonchev–Trinajstić information content (AvgIpc) is 2.35. The van der Waals surface area contributed by atoms with E-state index in [4.69, 9.17) is 13.7 Å². The second-order valence-corrected chi connectivity index (χ2v) is 8.16. The zero-order valence-corrected chi connectivity index (χ0v) is 14.6. The molecule has 22 heavy (non-hydrogen) atoms. The summed E-state index contributed by atoms with van der Waals surface area (Å²) < 4.78 is 37.5. The number of alkyl carbamates (subject to hydrolysis) is 1. The molecule has 1 saturated heterocycles. The Labute approximate surface area is 132 Å². The minimum Gasteiger partial charge on any atom is -0.444 e. The van der Waals surface area contributed by atoms with Crippen molar-refractivity contribution >= 4 is 16.2 Å². The first kappa shape index (κ1) is 19.2. The number of amides is 1. The van der Waals surface area contributed by atoms with E-state index < -0.39 is 21.8 Å². The van der Waals surface area contributed by atoms with Gasteiger partial charge in [-0.3, -0.25) is 4.18 Å². The Morgan fingerprint density at radius 3 is 2.41 bits per heavy atom. The van der Waals surface area contributed by atoms with Crippen LogP contribution in [-0.4, -0.2) is 52.2 Å². The molecule has 0 bridgehead atoms. The van der Waals surface area contributed by atoms with Gasteiger partial charge in [0.1, 0.15) is 5.60 Å². The molecule has 1 aliphatic rings. The Morgan fingerprint density at radius 2 is 1.91 bits per heavy atom. The zero-order chi connectivity index (χ0) is 16.8. The molecule has 1 N–H and O–H groups in total. The summed E-state index contributed by atoms with van der Waals surface area (Å²) in [5.74, 6) is 0.226. The molecule has 0 spiro atoms. The fourth-order valence-corrected chi connectivity index (χ4v) is 2.73. The van der Waals surface area contributed by atoms with Gasteiger partial charge in [0.05, 0.1) is 12.9 Å². The molecule has 0 saturated carbocycles. The van der Waals surface area contributed by atoms with Crippen molar-refractivity contribution in [3.63, 3.8) is 0 Å². The van der Waals surface area contributed by atoms with Gasteiger partial charge in [-0.05, 0) is 46.0 Å². The third kappa shape index (κ3) is 8.55. The van der Waals surface area contributed by atoms with Crippen LogP contribution in [0.5, 0.6) is 0 Å². The SMILES string of the molecule is CC(C)(C)OC(=O)NC(CCOS(C)(=O)=O)C1CCOCC1. The van der Waals surface area contributed by atoms with Gasteiger partial charge in [0.25, 0.3) is 10.1 Å². The van der Waals surface area contributed by atoms with Gasteiger partial charge in [0.2, 0.25) is 0 Å². The van der Waals surface area contributed by atoms with Crippen LogP contribution in [0.4, 0.5) is 4.79 Å². The summed E-state index contributed by atoms with van der Waals surface area (Å²) in [5.41, 5.74) is -0.576. The van der Waals surface area contributed by atoms with Crippen LogP contribution >= 0.6 is 0 Å². The molecule has 1 rings (SSSR count). The predicted molar refractivity (Wildman–Crippen MR) is 82.1 cm³/mol. The maximum Gasteiger partial charge on any atom is 0.407 e. The maximum absolute atomic E-state index is 11.9. The molecule has 0 aromatic heterocycles. The third-order valence-corrected chi connectivity index (χ3v) is 3.86. The highest BCUT2D eigenvalue weighted by Crippen LogP contribution is 2.21. The quantitative estimate of drug-likeness (QED) is 0.742. The van der Waals surface area contributed by atoms with E-state index in [2.05, 4.69) is 5.32 Å². The summed E-state index contributed by atoms with van der Waals surface area (Å²) in [5, 5.41) is 2.84. The smallest absolute Gasteiger partial charge is 0.407 e. The summed E-state index contributed by atoms with van der Waals surface area (Å²) in [4.78, 5) is 11.9. The number of ether oxygens (including phenoxy) is 2. The lowest BCUT2D eigenvalue weighted by molar-refractivity contribution is 0.0328. The second kappa shape index (κ2) is 8.12. The molecule has 1 fully saturated rings. The van der Waals surface area contributed by atoms with Crippen molar-refractivity contribution in [1.29, 1.82) is 0 Å². The number of carbonyl (C=O) groups excluding carboxylic acids is 1. The van der Waals surface area contributed by atoms with E-state index in [0.717, 1.165) is 19.1 Å². The van der Waals surface area contributed by atoms with Crippen molar-refractivity contribution in [2.75, 3.05) is 26.1 Å². The van der Waals surface area contributed by atoms with E-state index in [0.29, 0.717) is 19.6 Å². The number of hydrogen-bond acceptors (Lipinski definition) is 6.